The predicted molar refractivity (Wildman–Crippen MR) is 184 cm³/mol. The van der Waals surface area contributed by atoms with Crippen molar-refractivity contribution in [3.05, 3.63) is 29.5 Å². The molecule has 0 aromatic carbocycles. The zero-order valence-corrected chi connectivity index (χ0v) is 29.3. The minimum absolute atomic E-state index is 0. The smallest absolute Gasteiger partial charge is 0.226 e. The van der Waals surface area contributed by atoms with E-state index in [9.17, 15) is 14.7 Å². The highest BCUT2D eigenvalue weighted by atomic mass is 35.5. The van der Waals surface area contributed by atoms with Gasteiger partial charge in [0.15, 0.2) is 17.4 Å². The van der Waals surface area contributed by atoms with Crippen molar-refractivity contribution < 1.29 is 20.2 Å². The van der Waals surface area contributed by atoms with Gasteiger partial charge in [-0.3, -0.25) is 14.5 Å². The number of piperazine rings is 1. The van der Waals surface area contributed by atoms with Gasteiger partial charge in [-0.25, -0.2) is 4.98 Å². The Labute approximate surface area is 280 Å². The van der Waals surface area contributed by atoms with Crippen LogP contribution in [0.1, 0.15) is 58.8 Å². The first-order chi connectivity index (χ1) is 19.9. The average Bonchev–Trinajstić information content (AvgIpc) is 3.25. The molecule has 1 aromatic heterocycles. The zero-order chi connectivity index (χ0) is 30.0. The van der Waals surface area contributed by atoms with Crippen molar-refractivity contribution in [3.8, 4) is 0 Å². The summed E-state index contributed by atoms with van der Waals surface area (Å²) in [7, 11) is 7.90. The molecule has 0 radical (unpaired) electrons. The van der Waals surface area contributed by atoms with Gasteiger partial charge in [-0.05, 0) is 56.4 Å². The second-order valence-electron chi connectivity index (χ2n) is 14.3. The van der Waals surface area contributed by atoms with E-state index in [1.54, 1.807) is 0 Å². The van der Waals surface area contributed by atoms with Crippen molar-refractivity contribution in [2.45, 2.75) is 64.4 Å². The summed E-state index contributed by atoms with van der Waals surface area (Å²) in [5, 5.41) is 12.2. The number of fused-ring (bicyclic) bond motifs is 5. The van der Waals surface area contributed by atoms with Crippen molar-refractivity contribution in [1.29, 1.82) is 0 Å². The monoisotopic (exact) mass is 666 g/mol. The van der Waals surface area contributed by atoms with Crippen LogP contribution in [0.3, 0.4) is 0 Å². The maximum absolute atomic E-state index is 14.0. The van der Waals surface area contributed by atoms with Gasteiger partial charge in [0.1, 0.15) is 5.60 Å². The van der Waals surface area contributed by atoms with Gasteiger partial charge in [-0.1, -0.05) is 31.1 Å². The molecule has 3 N–H and O–H groups in total. The van der Waals surface area contributed by atoms with Crippen molar-refractivity contribution in [2.75, 3.05) is 75.6 Å². The first-order valence-electron chi connectivity index (χ1n) is 15.8. The van der Waals surface area contributed by atoms with Gasteiger partial charge in [-0.15, -0.1) is 24.8 Å². The summed E-state index contributed by atoms with van der Waals surface area (Å²) in [6, 6.07) is 0. The summed E-state index contributed by atoms with van der Waals surface area (Å²) in [6.07, 6.45) is 11.8. The molecule has 45 heavy (non-hydrogen) atoms. The molecule has 10 nitrogen and oxygen atoms in total. The van der Waals surface area contributed by atoms with Crippen LogP contribution < -0.4 is 14.7 Å². The maximum atomic E-state index is 14.0. The Balaban J connectivity index is 0.00000184. The Hall–Kier alpha value is -2.24. The Morgan fingerprint density at radius 3 is 2.36 bits per heavy atom. The molecule has 0 amide bonds. The fourth-order valence-corrected chi connectivity index (χ4v) is 8.90. The topological polar surface area (TPSA) is 125 Å². The number of Topliss-reactive ketones (excluding diaryl/α,β-unsaturated/α-hetero) is 1. The van der Waals surface area contributed by atoms with Gasteiger partial charge in [0.05, 0.1) is 18.4 Å². The van der Waals surface area contributed by atoms with Gasteiger partial charge in [0.25, 0.3) is 0 Å². The van der Waals surface area contributed by atoms with Crippen LogP contribution in [0.4, 0.5) is 17.5 Å². The molecule has 0 spiro atoms. The lowest BCUT2D eigenvalue weighted by Crippen LogP contribution is -2.58. The molecule has 1 aliphatic heterocycles. The minimum Gasteiger partial charge on any atom is -0.412 e. The Morgan fingerprint density at radius 2 is 1.71 bits per heavy atom. The van der Waals surface area contributed by atoms with Crippen LogP contribution in [-0.4, -0.2) is 104 Å². The molecule has 5 atom stereocenters. The minimum atomic E-state index is -1.30. The summed E-state index contributed by atoms with van der Waals surface area (Å²) < 4.78 is 0. The lowest BCUT2D eigenvalue weighted by Gasteiger charge is -2.54. The summed E-state index contributed by atoms with van der Waals surface area (Å²) >= 11 is 0. The Morgan fingerprint density at radius 1 is 1.02 bits per heavy atom. The van der Waals surface area contributed by atoms with Crippen LogP contribution in [0.15, 0.2) is 29.5 Å². The van der Waals surface area contributed by atoms with Crippen LogP contribution in [0, 0.1) is 22.7 Å². The molecule has 1 saturated heterocycles. The van der Waals surface area contributed by atoms with E-state index >= 15 is 0 Å². The molecule has 0 unspecified atom stereocenters. The number of anilines is 3. The number of hydrogen-bond donors (Lipinski definition) is 1. The third-order valence-corrected chi connectivity index (χ3v) is 11.6. The maximum Gasteiger partial charge on any atom is 0.226 e. The number of carbonyl (C=O) groups excluding carboxylic acids is 2. The van der Waals surface area contributed by atoms with Crippen LogP contribution in [0.2, 0.25) is 0 Å². The van der Waals surface area contributed by atoms with Gasteiger partial charge in [-0.2, -0.15) is 4.98 Å². The lowest BCUT2D eigenvalue weighted by atomic mass is 9.50. The molecule has 6 rings (SSSR count). The van der Waals surface area contributed by atoms with E-state index in [0.29, 0.717) is 30.6 Å². The third-order valence-electron chi connectivity index (χ3n) is 11.6. The largest absolute Gasteiger partial charge is 0.412 e. The first-order valence-corrected chi connectivity index (χ1v) is 15.8. The van der Waals surface area contributed by atoms with Gasteiger partial charge in [0.2, 0.25) is 5.95 Å². The van der Waals surface area contributed by atoms with Gasteiger partial charge >= 0.3 is 0 Å². The molecule has 2 saturated carbocycles. The SMILES string of the molecule is CN(C)c1ncc(N(C)C)c(N2CCN(CC(=O)[C@@]3(O)CC[C@H]4[C@@H]5CCC6=CC(=O)CC[C@]6(C)C5=CC[C@@]43C)CC2)n1.Cl.Cl.O. The highest BCUT2D eigenvalue weighted by molar-refractivity contribution is 5.92. The quantitative estimate of drug-likeness (QED) is 0.454. The van der Waals surface area contributed by atoms with Crippen LogP contribution >= 0.6 is 24.8 Å². The fraction of sp³-hybridized carbons (Fsp3) is 0.697. The normalized spacial score (nSPS) is 32.3. The summed E-state index contributed by atoms with van der Waals surface area (Å²) in [5.41, 5.74) is 1.96. The van der Waals surface area contributed by atoms with E-state index in [1.807, 2.05) is 50.3 Å². The van der Waals surface area contributed by atoms with Crippen LogP contribution in [0.25, 0.3) is 0 Å². The molecule has 5 aliphatic rings. The number of carbonyl (C=O) groups is 2. The zero-order valence-electron chi connectivity index (χ0n) is 27.6. The molecular weight excluding hydrogens is 615 g/mol. The second kappa shape index (κ2) is 13.5. The van der Waals surface area contributed by atoms with Crippen molar-refractivity contribution in [1.82, 2.24) is 14.9 Å². The van der Waals surface area contributed by atoms with E-state index in [4.69, 9.17) is 4.98 Å². The number of ketones is 2. The highest BCUT2D eigenvalue weighted by Gasteiger charge is 2.64. The summed E-state index contributed by atoms with van der Waals surface area (Å²) in [4.78, 5) is 43.9. The molecule has 2 heterocycles. The number of rotatable bonds is 6. The average molecular weight is 668 g/mol. The number of aliphatic hydroxyl groups is 1. The molecule has 4 aliphatic carbocycles. The van der Waals surface area contributed by atoms with Crippen molar-refractivity contribution in [3.63, 3.8) is 0 Å². The summed E-state index contributed by atoms with van der Waals surface area (Å²) in [6.45, 7) is 7.80. The lowest BCUT2D eigenvalue weighted by molar-refractivity contribution is -0.154. The van der Waals surface area contributed by atoms with Crippen molar-refractivity contribution >= 4 is 53.8 Å². The molecular formula is C33H52Cl2N6O4. The van der Waals surface area contributed by atoms with E-state index in [2.05, 4.69) is 34.7 Å². The van der Waals surface area contributed by atoms with E-state index in [-0.39, 0.29) is 53.8 Å². The van der Waals surface area contributed by atoms with E-state index in [1.165, 1.54) is 11.1 Å². The molecule has 1 aromatic rings. The van der Waals surface area contributed by atoms with E-state index in [0.717, 1.165) is 69.8 Å². The third kappa shape index (κ3) is 6.02. The molecule has 0 bridgehead atoms. The summed E-state index contributed by atoms with van der Waals surface area (Å²) in [5.74, 6) is 2.52. The number of nitrogens with zero attached hydrogens (tertiary/aromatic N) is 6. The number of halogens is 2. The number of aromatic nitrogens is 2. The van der Waals surface area contributed by atoms with Crippen LogP contribution in [-0.2, 0) is 9.59 Å². The van der Waals surface area contributed by atoms with Gasteiger partial charge in [0, 0.05) is 71.6 Å². The second-order valence-corrected chi connectivity index (χ2v) is 14.3. The molecule has 252 valence electrons. The standard InChI is InChI=1S/C33H48N6O3.2ClH.H2O/c1-31-12-9-23(40)19-22(31)7-8-24-25(31)10-13-32(2)26(24)11-14-33(32,42)28(41)21-38-15-17-39(18-16-38)29-27(36(3)4)20-34-30(35-29)37(5)6;;;/h10,19-20,24,26,42H,7-9,11-18,21H2,1-6H3;2*1H;1H2/t24-,26+,31+,32+,33+;;;/m1.../s1. The van der Waals surface area contributed by atoms with E-state index < -0.39 is 11.0 Å². The molecule has 3 fully saturated rings. The highest BCUT2D eigenvalue weighted by Crippen LogP contribution is 2.65. The van der Waals surface area contributed by atoms with Crippen molar-refractivity contribution in [2.24, 2.45) is 22.7 Å². The Kier molecular flexibility index (Phi) is 11.1. The number of hydrogen-bond acceptors (Lipinski definition) is 9. The number of allylic oxidation sites excluding steroid dienone is 4. The Bertz CT molecular complexity index is 1350. The predicted octanol–water partition coefficient (Wildman–Crippen LogP) is 3.50. The molecule has 12 heteroatoms. The fourth-order valence-electron chi connectivity index (χ4n) is 8.90. The van der Waals surface area contributed by atoms with Gasteiger partial charge < -0.3 is 25.3 Å². The first kappa shape index (κ1) is 37.2. The van der Waals surface area contributed by atoms with Crippen LogP contribution in [0.5, 0.6) is 0 Å².